The van der Waals surface area contributed by atoms with Gasteiger partial charge >= 0.3 is 5.97 Å². The third-order valence-corrected chi connectivity index (χ3v) is 4.31. The maximum absolute atomic E-state index is 12.2. The molecule has 2 aromatic carbocycles. The second-order valence-corrected chi connectivity index (χ2v) is 6.07. The normalized spacial score (nSPS) is 11.5. The van der Waals surface area contributed by atoms with Gasteiger partial charge in [0.25, 0.3) is 5.78 Å². The number of carboxylic acids is 1. The van der Waals surface area contributed by atoms with Gasteiger partial charge in [0.15, 0.2) is 0 Å². The first-order valence-corrected chi connectivity index (χ1v) is 8.02. The molecule has 124 valence electrons. The number of pyridine rings is 1. The molecule has 0 unspecified atom stereocenters. The van der Waals surface area contributed by atoms with Gasteiger partial charge in [-0.3, -0.25) is 4.79 Å². The zero-order valence-electron chi connectivity index (χ0n) is 12.7. The van der Waals surface area contributed by atoms with Crippen LogP contribution in [-0.2, 0) is 9.59 Å². The molecule has 0 saturated heterocycles. The summed E-state index contributed by atoms with van der Waals surface area (Å²) >= 11 is 11.9. The largest absolute Gasteiger partial charge is 0.475 e. The third kappa shape index (κ3) is 3.71. The van der Waals surface area contributed by atoms with E-state index in [1.165, 1.54) is 6.08 Å². The van der Waals surface area contributed by atoms with Crippen molar-refractivity contribution in [3.8, 4) is 0 Å². The Hall–Kier alpha value is -2.69. The summed E-state index contributed by atoms with van der Waals surface area (Å²) in [6, 6.07) is 15.5. The van der Waals surface area contributed by atoms with Crippen LogP contribution in [-0.4, -0.2) is 21.8 Å². The number of benzene rings is 2. The molecule has 3 rings (SSSR count). The summed E-state index contributed by atoms with van der Waals surface area (Å²) in [6.45, 7) is 0. The van der Waals surface area contributed by atoms with Gasteiger partial charge in [-0.05, 0) is 35.9 Å². The highest BCUT2D eigenvalue weighted by Crippen LogP contribution is 2.26. The van der Waals surface area contributed by atoms with Crippen molar-refractivity contribution in [1.82, 2.24) is 4.98 Å². The molecule has 0 aliphatic carbocycles. The lowest BCUT2D eigenvalue weighted by atomic mass is 10.0. The number of halogens is 2. The SMILES string of the molecule is O=C(O)C(=O)/C(=C\c1ccc(Cl)c(Cl)c1)c1ccc2ccccc2n1. The summed E-state index contributed by atoms with van der Waals surface area (Å²) in [6.07, 6.45) is 1.44. The molecule has 3 aromatic rings. The van der Waals surface area contributed by atoms with E-state index >= 15 is 0 Å². The number of ketones is 1. The maximum Gasteiger partial charge on any atom is 0.377 e. The lowest BCUT2D eigenvalue weighted by Crippen LogP contribution is -2.15. The average Bonchev–Trinajstić information content (AvgIpc) is 2.61. The first-order chi connectivity index (χ1) is 12.0. The van der Waals surface area contributed by atoms with Crippen LogP contribution in [0.1, 0.15) is 11.3 Å². The number of carbonyl (C=O) groups excluding carboxylic acids is 1. The summed E-state index contributed by atoms with van der Waals surface area (Å²) in [4.78, 5) is 27.8. The van der Waals surface area contributed by atoms with Crippen LogP contribution >= 0.6 is 23.2 Å². The molecule has 0 amide bonds. The number of rotatable bonds is 4. The average molecular weight is 372 g/mol. The van der Waals surface area contributed by atoms with Crippen molar-refractivity contribution in [3.05, 3.63) is 75.9 Å². The van der Waals surface area contributed by atoms with Crippen LogP contribution in [0.3, 0.4) is 0 Å². The second kappa shape index (κ2) is 7.05. The zero-order chi connectivity index (χ0) is 18.0. The number of hydrogen-bond donors (Lipinski definition) is 1. The van der Waals surface area contributed by atoms with Crippen LogP contribution < -0.4 is 0 Å². The van der Waals surface area contributed by atoms with Crippen LogP contribution in [0.2, 0.25) is 10.0 Å². The molecule has 1 N–H and O–H groups in total. The van der Waals surface area contributed by atoms with E-state index in [0.717, 1.165) is 5.39 Å². The van der Waals surface area contributed by atoms with Gasteiger partial charge in [0.2, 0.25) is 0 Å². The van der Waals surface area contributed by atoms with E-state index in [4.69, 9.17) is 28.3 Å². The summed E-state index contributed by atoms with van der Waals surface area (Å²) < 4.78 is 0. The number of carbonyl (C=O) groups is 2. The minimum Gasteiger partial charge on any atom is -0.475 e. The molecule has 25 heavy (non-hydrogen) atoms. The van der Waals surface area contributed by atoms with Crippen molar-refractivity contribution >= 4 is 57.5 Å². The molecule has 0 aliphatic rings. The summed E-state index contributed by atoms with van der Waals surface area (Å²) in [5.74, 6) is -2.60. The van der Waals surface area contributed by atoms with Gasteiger partial charge in [-0.1, -0.05) is 53.5 Å². The molecular formula is C19H11Cl2NO3. The topological polar surface area (TPSA) is 67.3 Å². The Balaban J connectivity index is 2.16. The van der Waals surface area contributed by atoms with Gasteiger partial charge in [0, 0.05) is 5.39 Å². The first-order valence-electron chi connectivity index (χ1n) is 7.26. The van der Waals surface area contributed by atoms with Crippen molar-refractivity contribution in [2.75, 3.05) is 0 Å². The molecule has 0 radical (unpaired) electrons. The van der Waals surface area contributed by atoms with Gasteiger partial charge in [-0.2, -0.15) is 0 Å². The lowest BCUT2D eigenvalue weighted by Gasteiger charge is -2.06. The molecule has 1 heterocycles. The van der Waals surface area contributed by atoms with E-state index < -0.39 is 11.8 Å². The minimum atomic E-state index is -1.55. The van der Waals surface area contributed by atoms with Gasteiger partial charge < -0.3 is 5.11 Å². The molecule has 0 atom stereocenters. The Morgan fingerprint density at radius 1 is 0.960 bits per heavy atom. The highest BCUT2D eigenvalue weighted by molar-refractivity contribution is 6.52. The second-order valence-electron chi connectivity index (χ2n) is 5.26. The number of aliphatic carboxylic acids is 1. The number of carboxylic acid groups (broad SMARTS) is 1. The van der Waals surface area contributed by atoms with Gasteiger partial charge in [0.1, 0.15) is 0 Å². The number of para-hydroxylation sites is 1. The maximum atomic E-state index is 12.2. The molecule has 0 bridgehead atoms. The third-order valence-electron chi connectivity index (χ3n) is 3.57. The highest BCUT2D eigenvalue weighted by atomic mass is 35.5. The Morgan fingerprint density at radius 3 is 2.44 bits per heavy atom. The molecule has 1 aromatic heterocycles. The molecule has 4 nitrogen and oxygen atoms in total. The Morgan fingerprint density at radius 2 is 1.72 bits per heavy atom. The van der Waals surface area contributed by atoms with E-state index in [1.807, 2.05) is 18.2 Å². The van der Waals surface area contributed by atoms with E-state index in [0.29, 0.717) is 21.1 Å². The van der Waals surface area contributed by atoms with E-state index in [1.54, 1.807) is 36.4 Å². The van der Waals surface area contributed by atoms with Crippen molar-refractivity contribution < 1.29 is 14.7 Å². The Labute approximate surface area is 153 Å². The number of nitrogens with zero attached hydrogens (tertiary/aromatic N) is 1. The minimum absolute atomic E-state index is 0.0309. The molecule has 0 saturated carbocycles. The first kappa shape index (κ1) is 17.1. The van der Waals surface area contributed by atoms with Crippen LogP contribution in [0, 0.1) is 0 Å². The predicted molar refractivity (Wildman–Crippen MR) is 98.7 cm³/mol. The van der Waals surface area contributed by atoms with Gasteiger partial charge in [-0.25, -0.2) is 9.78 Å². The smallest absolute Gasteiger partial charge is 0.377 e. The number of aromatic nitrogens is 1. The van der Waals surface area contributed by atoms with Gasteiger partial charge in [-0.15, -0.1) is 0 Å². The zero-order valence-corrected chi connectivity index (χ0v) is 14.3. The summed E-state index contributed by atoms with van der Waals surface area (Å²) in [7, 11) is 0. The van der Waals surface area contributed by atoms with Gasteiger partial charge in [0.05, 0.1) is 26.8 Å². The molecule has 0 aliphatic heterocycles. The number of hydrogen-bond acceptors (Lipinski definition) is 3. The van der Waals surface area contributed by atoms with Crippen molar-refractivity contribution in [2.45, 2.75) is 0 Å². The Kier molecular flexibility index (Phi) is 4.83. The quantitative estimate of drug-likeness (QED) is 0.531. The summed E-state index contributed by atoms with van der Waals surface area (Å²) in [5.41, 5.74) is 1.46. The van der Waals surface area contributed by atoms with Crippen molar-refractivity contribution in [3.63, 3.8) is 0 Å². The Bertz CT molecular complexity index is 1030. The van der Waals surface area contributed by atoms with Crippen LogP contribution in [0.5, 0.6) is 0 Å². The van der Waals surface area contributed by atoms with Crippen LogP contribution in [0.4, 0.5) is 0 Å². The van der Waals surface area contributed by atoms with Crippen LogP contribution in [0.15, 0.2) is 54.6 Å². The molecule has 0 spiro atoms. The number of fused-ring (bicyclic) bond motifs is 1. The molecule has 6 heteroatoms. The predicted octanol–water partition coefficient (Wildman–Crippen LogP) is 4.74. The molecule has 0 fully saturated rings. The highest BCUT2D eigenvalue weighted by Gasteiger charge is 2.21. The van der Waals surface area contributed by atoms with Crippen molar-refractivity contribution in [1.29, 1.82) is 0 Å². The fraction of sp³-hybridized carbons (Fsp3) is 0. The van der Waals surface area contributed by atoms with E-state index in [9.17, 15) is 9.59 Å². The van der Waals surface area contributed by atoms with E-state index in [-0.39, 0.29) is 11.3 Å². The monoisotopic (exact) mass is 371 g/mol. The molecular weight excluding hydrogens is 361 g/mol. The lowest BCUT2D eigenvalue weighted by molar-refractivity contribution is -0.146. The van der Waals surface area contributed by atoms with Crippen LogP contribution in [0.25, 0.3) is 22.6 Å². The number of Topliss-reactive ketones (excluding diaryl/α,β-unsaturated/α-hetero) is 1. The standard InChI is InChI=1S/C19H11Cl2NO3/c20-14-7-5-11(10-15(14)21)9-13(18(23)19(24)25)17-8-6-12-3-1-2-4-16(12)22-17/h1-10H,(H,24,25)/b13-9-. The van der Waals surface area contributed by atoms with Crippen molar-refractivity contribution in [2.24, 2.45) is 0 Å². The fourth-order valence-electron chi connectivity index (χ4n) is 2.36. The fourth-order valence-corrected chi connectivity index (χ4v) is 2.66. The summed E-state index contributed by atoms with van der Waals surface area (Å²) in [5, 5.41) is 10.7. The van der Waals surface area contributed by atoms with E-state index in [2.05, 4.69) is 4.98 Å².